The number of fused-ring (bicyclic) bond motifs is 1. The zero-order chi connectivity index (χ0) is 9.42. The van der Waals surface area contributed by atoms with Crippen LogP contribution in [0.2, 0.25) is 0 Å². The Hall–Kier alpha value is -0.840. The SMILES string of the molecule is O=C(O)C1CCCc2ncc(Br)n21. The normalized spacial score (nSPS) is 21.2. The van der Waals surface area contributed by atoms with Crippen molar-refractivity contribution < 1.29 is 9.90 Å². The molecule has 13 heavy (non-hydrogen) atoms. The number of aryl methyl sites for hydroxylation is 1. The Morgan fingerprint density at radius 2 is 2.54 bits per heavy atom. The van der Waals surface area contributed by atoms with Crippen LogP contribution in [-0.2, 0) is 11.2 Å². The number of carboxylic acid groups (broad SMARTS) is 1. The Kier molecular flexibility index (Phi) is 2.11. The van der Waals surface area contributed by atoms with Crippen LogP contribution in [0, 0.1) is 0 Å². The molecule has 2 heterocycles. The second-order valence-corrected chi connectivity index (χ2v) is 3.93. The van der Waals surface area contributed by atoms with E-state index < -0.39 is 12.0 Å². The van der Waals surface area contributed by atoms with E-state index in [0.29, 0.717) is 6.42 Å². The van der Waals surface area contributed by atoms with Gasteiger partial charge in [-0.25, -0.2) is 9.78 Å². The van der Waals surface area contributed by atoms with E-state index in [0.717, 1.165) is 23.3 Å². The van der Waals surface area contributed by atoms with E-state index >= 15 is 0 Å². The number of aliphatic carboxylic acids is 1. The van der Waals surface area contributed by atoms with E-state index in [1.54, 1.807) is 10.8 Å². The summed E-state index contributed by atoms with van der Waals surface area (Å²) in [7, 11) is 0. The van der Waals surface area contributed by atoms with Crippen molar-refractivity contribution in [3.8, 4) is 0 Å². The van der Waals surface area contributed by atoms with Crippen LogP contribution in [0.3, 0.4) is 0 Å². The number of imidazole rings is 1. The minimum absolute atomic E-state index is 0.444. The molecule has 1 N–H and O–H groups in total. The second-order valence-electron chi connectivity index (χ2n) is 3.11. The number of hydrogen-bond donors (Lipinski definition) is 1. The number of aromatic nitrogens is 2. The lowest BCUT2D eigenvalue weighted by Gasteiger charge is -2.22. The van der Waals surface area contributed by atoms with Crippen molar-refractivity contribution in [3.63, 3.8) is 0 Å². The van der Waals surface area contributed by atoms with E-state index in [4.69, 9.17) is 5.11 Å². The van der Waals surface area contributed by atoms with Gasteiger partial charge in [0.2, 0.25) is 0 Å². The standard InChI is InChI=1S/C8H9BrN2O2/c9-6-4-10-7-3-1-2-5(8(12)13)11(6)7/h4-5H,1-3H2,(H,12,13). The van der Waals surface area contributed by atoms with E-state index in [9.17, 15) is 4.79 Å². The van der Waals surface area contributed by atoms with Gasteiger partial charge in [0.25, 0.3) is 0 Å². The zero-order valence-electron chi connectivity index (χ0n) is 6.90. The highest BCUT2D eigenvalue weighted by molar-refractivity contribution is 9.10. The summed E-state index contributed by atoms with van der Waals surface area (Å²) >= 11 is 3.30. The summed E-state index contributed by atoms with van der Waals surface area (Å²) in [5.41, 5.74) is 0. The highest BCUT2D eigenvalue weighted by Gasteiger charge is 2.27. The maximum atomic E-state index is 10.9. The maximum absolute atomic E-state index is 10.9. The molecule has 1 aromatic rings. The van der Waals surface area contributed by atoms with E-state index in [-0.39, 0.29) is 0 Å². The lowest BCUT2D eigenvalue weighted by atomic mass is 10.1. The second kappa shape index (κ2) is 3.14. The predicted molar refractivity (Wildman–Crippen MR) is 49.5 cm³/mol. The van der Waals surface area contributed by atoms with Crippen molar-refractivity contribution in [1.82, 2.24) is 9.55 Å². The Labute approximate surface area is 83.7 Å². The highest BCUT2D eigenvalue weighted by atomic mass is 79.9. The summed E-state index contributed by atoms with van der Waals surface area (Å²) in [6.07, 6.45) is 4.13. The third-order valence-corrected chi connectivity index (χ3v) is 2.89. The van der Waals surface area contributed by atoms with Crippen molar-refractivity contribution in [3.05, 3.63) is 16.6 Å². The van der Waals surface area contributed by atoms with Gasteiger partial charge in [-0.3, -0.25) is 0 Å². The molecule has 0 spiro atoms. The quantitative estimate of drug-likeness (QED) is 0.817. The molecular weight excluding hydrogens is 236 g/mol. The van der Waals surface area contributed by atoms with Gasteiger partial charge >= 0.3 is 5.97 Å². The molecule has 2 rings (SSSR count). The molecule has 1 atom stereocenters. The van der Waals surface area contributed by atoms with Gasteiger partial charge in [-0.2, -0.15) is 0 Å². The summed E-state index contributed by atoms with van der Waals surface area (Å²) in [6.45, 7) is 0. The molecule has 0 aliphatic carbocycles. The third kappa shape index (κ3) is 1.37. The molecule has 0 fully saturated rings. The molecule has 70 valence electrons. The summed E-state index contributed by atoms with van der Waals surface area (Å²) in [5.74, 6) is 0.0881. The smallest absolute Gasteiger partial charge is 0.326 e. The molecular formula is C8H9BrN2O2. The van der Waals surface area contributed by atoms with Crippen molar-refractivity contribution >= 4 is 21.9 Å². The summed E-state index contributed by atoms with van der Waals surface area (Å²) < 4.78 is 2.51. The largest absolute Gasteiger partial charge is 0.480 e. The zero-order valence-corrected chi connectivity index (χ0v) is 8.49. The van der Waals surface area contributed by atoms with Gasteiger partial charge in [0, 0.05) is 6.42 Å². The molecule has 0 saturated carbocycles. The van der Waals surface area contributed by atoms with Crippen molar-refractivity contribution in [2.75, 3.05) is 0 Å². The average molecular weight is 245 g/mol. The van der Waals surface area contributed by atoms with Crippen LogP contribution < -0.4 is 0 Å². The van der Waals surface area contributed by atoms with Gasteiger partial charge in [-0.15, -0.1) is 0 Å². The van der Waals surface area contributed by atoms with Crippen LogP contribution in [0.15, 0.2) is 10.8 Å². The maximum Gasteiger partial charge on any atom is 0.326 e. The number of carboxylic acids is 1. The minimum Gasteiger partial charge on any atom is -0.480 e. The fourth-order valence-electron chi connectivity index (χ4n) is 1.71. The molecule has 5 heteroatoms. The molecule has 0 radical (unpaired) electrons. The third-order valence-electron chi connectivity index (χ3n) is 2.30. The molecule has 0 aromatic carbocycles. The molecule has 1 unspecified atom stereocenters. The lowest BCUT2D eigenvalue weighted by molar-refractivity contribution is -0.141. The number of nitrogens with zero attached hydrogens (tertiary/aromatic N) is 2. The molecule has 4 nitrogen and oxygen atoms in total. The van der Waals surface area contributed by atoms with E-state index in [1.165, 1.54) is 0 Å². The van der Waals surface area contributed by atoms with Crippen LogP contribution >= 0.6 is 15.9 Å². The molecule has 1 aromatic heterocycles. The molecule has 1 aliphatic rings. The Morgan fingerprint density at radius 1 is 1.77 bits per heavy atom. The van der Waals surface area contributed by atoms with Gasteiger partial charge in [-0.05, 0) is 28.8 Å². The Bertz CT molecular complexity index is 348. The summed E-state index contributed by atoms with van der Waals surface area (Å²) in [6, 6.07) is -0.444. The first-order chi connectivity index (χ1) is 6.20. The summed E-state index contributed by atoms with van der Waals surface area (Å²) in [5, 5.41) is 8.96. The van der Waals surface area contributed by atoms with Crippen molar-refractivity contribution in [2.45, 2.75) is 25.3 Å². The monoisotopic (exact) mass is 244 g/mol. The average Bonchev–Trinajstić information content (AvgIpc) is 2.48. The number of carbonyl (C=O) groups is 1. The topological polar surface area (TPSA) is 55.1 Å². The first kappa shape index (κ1) is 8.74. The highest BCUT2D eigenvalue weighted by Crippen LogP contribution is 2.28. The molecule has 0 bridgehead atoms. The minimum atomic E-state index is -0.778. The van der Waals surface area contributed by atoms with Crippen LogP contribution in [-0.4, -0.2) is 20.6 Å². The van der Waals surface area contributed by atoms with Gasteiger partial charge in [0.05, 0.1) is 6.20 Å². The Morgan fingerprint density at radius 3 is 3.23 bits per heavy atom. The van der Waals surface area contributed by atoms with Crippen LogP contribution in [0.5, 0.6) is 0 Å². The number of rotatable bonds is 1. The fourth-order valence-corrected chi connectivity index (χ4v) is 2.26. The lowest BCUT2D eigenvalue weighted by Crippen LogP contribution is -2.25. The summed E-state index contributed by atoms with van der Waals surface area (Å²) in [4.78, 5) is 15.0. The first-order valence-corrected chi connectivity index (χ1v) is 4.94. The first-order valence-electron chi connectivity index (χ1n) is 4.14. The van der Waals surface area contributed by atoms with Crippen molar-refractivity contribution in [1.29, 1.82) is 0 Å². The van der Waals surface area contributed by atoms with E-state index in [1.807, 2.05) is 0 Å². The molecule has 1 aliphatic heterocycles. The van der Waals surface area contributed by atoms with Gasteiger partial charge in [0.1, 0.15) is 16.5 Å². The van der Waals surface area contributed by atoms with Crippen LogP contribution in [0.4, 0.5) is 0 Å². The molecule has 0 amide bonds. The van der Waals surface area contributed by atoms with E-state index in [2.05, 4.69) is 20.9 Å². The number of hydrogen-bond acceptors (Lipinski definition) is 2. The number of halogens is 1. The fraction of sp³-hybridized carbons (Fsp3) is 0.500. The molecule has 0 saturated heterocycles. The van der Waals surface area contributed by atoms with Gasteiger partial charge < -0.3 is 9.67 Å². The van der Waals surface area contributed by atoms with Crippen molar-refractivity contribution in [2.24, 2.45) is 0 Å². The van der Waals surface area contributed by atoms with Crippen LogP contribution in [0.25, 0.3) is 0 Å². The van der Waals surface area contributed by atoms with Gasteiger partial charge in [0.15, 0.2) is 0 Å². The predicted octanol–water partition coefficient (Wildman–Crippen LogP) is 1.61. The Balaban J connectivity index is 2.46. The van der Waals surface area contributed by atoms with Crippen LogP contribution in [0.1, 0.15) is 24.7 Å². The van der Waals surface area contributed by atoms with Gasteiger partial charge in [-0.1, -0.05) is 0 Å².